The van der Waals surface area contributed by atoms with Crippen LogP contribution in [0, 0.1) is 13.8 Å². The number of nitrogens with one attached hydrogen (secondary N) is 3. The number of benzene rings is 2. The lowest BCUT2D eigenvalue weighted by molar-refractivity contribution is -0.123. The van der Waals surface area contributed by atoms with Gasteiger partial charge in [0.1, 0.15) is 11.5 Å². The summed E-state index contributed by atoms with van der Waals surface area (Å²) in [5.41, 5.74) is 7.33. The van der Waals surface area contributed by atoms with Gasteiger partial charge in [-0.25, -0.2) is 0 Å². The number of ether oxygens (including phenoxy) is 2. The molecule has 2 aromatic carbocycles. The van der Waals surface area contributed by atoms with Crippen LogP contribution >= 0.6 is 12.2 Å². The first-order valence-electron chi connectivity index (χ1n) is 10.2. The normalized spacial score (nSPS) is 10.2. The van der Waals surface area contributed by atoms with E-state index in [1.165, 1.54) is 0 Å². The van der Waals surface area contributed by atoms with Crippen LogP contribution < -0.4 is 25.6 Å². The van der Waals surface area contributed by atoms with Gasteiger partial charge in [0.2, 0.25) is 0 Å². The number of hydrazine groups is 1. The second-order valence-corrected chi connectivity index (χ2v) is 7.40. The number of unbranched alkanes of at least 4 members (excludes halogenated alkanes) is 2. The van der Waals surface area contributed by atoms with E-state index >= 15 is 0 Å². The van der Waals surface area contributed by atoms with E-state index < -0.39 is 11.8 Å². The van der Waals surface area contributed by atoms with Crippen molar-refractivity contribution in [3.8, 4) is 11.5 Å². The molecule has 2 aromatic rings. The number of hydrogen-bond donors (Lipinski definition) is 3. The number of hydrogen-bond acceptors (Lipinski definition) is 5. The zero-order valence-corrected chi connectivity index (χ0v) is 18.9. The van der Waals surface area contributed by atoms with Crippen LogP contribution in [0.25, 0.3) is 0 Å². The molecule has 0 saturated heterocycles. The molecular formula is C23H29N3O4S. The zero-order valence-electron chi connectivity index (χ0n) is 18.1. The molecule has 7 nitrogen and oxygen atoms in total. The van der Waals surface area contributed by atoms with Crippen LogP contribution in [0.15, 0.2) is 42.5 Å². The third kappa shape index (κ3) is 7.90. The van der Waals surface area contributed by atoms with E-state index in [1.807, 2.05) is 26.0 Å². The quantitative estimate of drug-likeness (QED) is 0.312. The van der Waals surface area contributed by atoms with Crippen LogP contribution in [-0.2, 0) is 4.79 Å². The summed E-state index contributed by atoms with van der Waals surface area (Å²) in [5, 5.41) is 2.49. The summed E-state index contributed by atoms with van der Waals surface area (Å²) in [7, 11) is 0. The van der Waals surface area contributed by atoms with E-state index in [0.717, 1.165) is 30.4 Å². The lowest BCUT2D eigenvalue weighted by Gasteiger charge is -2.14. The standard InChI is InChI=1S/C23H29N3O4S/c1-4-5-8-14-29-20-12-7-6-11-18(20)22(28)24-23(31)26-25-21(27)15-30-19-13-9-10-16(2)17(19)3/h6-7,9-13H,4-5,8,14-15H2,1-3H3,(H,25,27)(H2,24,26,28,31). The first kappa shape index (κ1) is 24.1. The van der Waals surface area contributed by atoms with Gasteiger partial charge in [0.25, 0.3) is 11.8 Å². The molecule has 0 aliphatic carbocycles. The summed E-state index contributed by atoms with van der Waals surface area (Å²) in [5.74, 6) is 0.271. The number of amides is 2. The zero-order chi connectivity index (χ0) is 22.6. The minimum absolute atomic E-state index is 0.0362. The molecule has 0 aliphatic heterocycles. The Morgan fingerprint density at radius 3 is 2.45 bits per heavy atom. The van der Waals surface area contributed by atoms with Gasteiger partial charge < -0.3 is 9.47 Å². The van der Waals surface area contributed by atoms with Gasteiger partial charge in [-0.2, -0.15) is 0 Å². The largest absolute Gasteiger partial charge is 0.493 e. The van der Waals surface area contributed by atoms with E-state index in [1.54, 1.807) is 30.3 Å². The maximum Gasteiger partial charge on any atom is 0.276 e. The average molecular weight is 444 g/mol. The van der Waals surface area contributed by atoms with Crippen molar-refractivity contribution < 1.29 is 19.1 Å². The van der Waals surface area contributed by atoms with Crippen molar-refractivity contribution in [2.24, 2.45) is 0 Å². The monoisotopic (exact) mass is 443 g/mol. The molecule has 0 heterocycles. The number of carbonyl (C=O) groups is 2. The minimum Gasteiger partial charge on any atom is -0.493 e. The molecule has 0 aromatic heterocycles. The first-order valence-corrected chi connectivity index (χ1v) is 10.6. The van der Waals surface area contributed by atoms with Crippen molar-refractivity contribution in [3.05, 3.63) is 59.2 Å². The fraction of sp³-hybridized carbons (Fsp3) is 0.348. The first-order chi connectivity index (χ1) is 14.9. The summed E-state index contributed by atoms with van der Waals surface area (Å²) in [6.07, 6.45) is 3.07. The number of rotatable bonds is 9. The number of aryl methyl sites for hydroxylation is 1. The smallest absolute Gasteiger partial charge is 0.276 e. The van der Waals surface area contributed by atoms with E-state index in [0.29, 0.717) is 23.7 Å². The summed E-state index contributed by atoms with van der Waals surface area (Å²) < 4.78 is 11.3. The lowest BCUT2D eigenvalue weighted by Crippen LogP contribution is -2.49. The van der Waals surface area contributed by atoms with Crippen molar-refractivity contribution in [1.29, 1.82) is 0 Å². The summed E-state index contributed by atoms with van der Waals surface area (Å²) >= 11 is 5.09. The summed E-state index contributed by atoms with van der Waals surface area (Å²) in [6, 6.07) is 12.6. The molecule has 0 atom stereocenters. The molecule has 0 fully saturated rings. The fourth-order valence-electron chi connectivity index (χ4n) is 2.70. The topological polar surface area (TPSA) is 88.7 Å². The van der Waals surface area contributed by atoms with Crippen LogP contribution in [-0.4, -0.2) is 30.1 Å². The number of para-hydroxylation sites is 1. The lowest BCUT2D eigenvalue weighted by atomic mass is 10.1. The van der Waals surface area contributed by atoms with Crippen molar-refractivity contribution in [1.82, 2.24) is 16.2 Å². The van der Waals surface area contributed by atoms with Crippen LogP contribution in [0.4, 0.5) is 0 Å². The summed E-state index contributed by atoms with van der Waals surface area (Å²) in [6.45, 7) is 6.36. The molecule has 2 amide bonds. The number of thiocarbonyl (C=S) groups is 1. The second-order valence-electron chi connectivity index (χ2n) is 6.99. The van der Waals surface area contributed by atoms with E-state index in [4.69, 9.17) is 21.7 Å². The molecule has 0 unspecified atom stereocenters. The summed E-state index contributed by atoms with van der Waals surface area (Å²) in [4.78, 5) is 24.5. The molecule has 0 saturated carbocycles. The van der Waals surface area contributed by atoms with Crippen molar-refractivity contribution >= 4 is 29.1 Å². The average Bonchev–Trinajstić information content (AvgIpc) is 2.76. The van der Waals surface area contributed by atoms with Gasteiger partial charge in [0, 0.05) is 0 Å². The van der Waals surface area contributed by atoms with Crippen molar-refractivity contribution in [3.63, 3.8) is 0 Å². The number of carbonyl (C=O) groups excluding carboxylic acids is 2. The molecular weight excluding hydrogens is 414 g/mol. The Labute approximate surface area is 188 Å². The highest BCUT2D eigenvalue weighted by atomic mass is 32.1. The molecule has 0 aliphatic rings. The highest BCUT2D eigenvalue weighted by Crippen LogP contribution is 2.20. The predicted molar refractivity (Wildman–Crippen MR) is 124 cm³/mol. The van der Waals surface area contributed by atoms with Crippen molar-refractivity contribution in [2.75, 3.05) is 13.2 Å². The molecule has 2 rings (SSSR count). The fourth-order valence-corrected chi connectivity index (χ4v) is 2.85. The Bertz CT molecular complexity index is 917. The van der Waals surface area contributed by atoms with E-state index in [-0.39, 0.29) is 11.7 Å². The SMILES string of the molecule is CCCCCOc1ccccc1C(=O)NC(=S)NNC(=O)COc1cccc(C)c1C. The third-order valence-electron chi connectivity index (χ3n) is 4.59. The van der Waals surface area contributed by atoms with Gasteiger partial charge in [0.15, 0.2) is 11.7 Å². The van der Waals surface area contributed by atoms with Gasteiger partial charge in [-0.05, 0) is 61.8 Å². The van der Waals surface area contributed by atoms with Crippen LogP contribution in [0.1, 0.15) is 47.7 Å². The molecule has 0 spiro atoms. The van der Waals surface area contributed by atoms with Gasteiger partial charge in [-0.1, -0.05) is 44.0 Å². The van der Waals surface area contributed by atoms with Gasteiger partial charge in [-0.3, -0.25) is 25.8 Å². The Balaban J connectivity index is 1.80. The Hall–Kier alpha value is -3.13. The highest BCUT2D eigenvalue weighted by molar-refractivity contribution is 7.80. The van der Waals surface area contributed by atoms with Crippen LogP contribution in [0.3, 0.4) is 0 Å². The Kier molecular flexibility index (Phi) is 9.77. The molecule has 8 heteroatoms. The van der Waals surface area contributed by atoms with E-state index in [2.05, 4.69) is 23.1 Å². The van der Waals surface area contributed by atoms with Gasteiger partial charge >= 0.3 is 0 Å². The Morgan fingerprint density at radius 2 is 1.68 bits per heavy atom. The van der Waals surface area contributed by atoms with Crippen molar-refractivity contribution in [2.45, 2.75) is 40.0 Å². The molecule has 166 valence electrons. The Morgan fingerprint density at radius 1 is 0.935 bits per heavy atom. The minimum atomic E-state index is -0.433. The molecule has 31 heavy (non-hydrogen) atoms. The van der Waals surface area contributed by atoms with Gasteiger partial charge in [0.05, 0.1) is 12.2 Å². The molecule has 0 bridgehead atoms. The molecule has 0 radical (unpaired) electrons. The highest BCUT2D eigenvalue weighted by Gasteiger charge is 2.14. The van der Waals surface area contributed by atoms with Crippen LogP contribution in [0.5, 0.6) is 11.5 Å². The van der Waals surface area contributed by atoms with E-state index in [9.17, 15) is 9.59 Å². The maximum absolute atomic E-state index is 12.5. The maximum atomic E-state index is 12.5. The third-order valence-corrected chi connectivity index (χ3v) is 4.80. The van der Waals surface area contributed by atoms with Crippen LogP contribution in [0.2, 0.25) is 0 Å². The predicted octanol–water partition coefficient (Wildman–Crippen LogP) is 3.59. The second kappa shape index (κ2) is 12.5. The van der Waals surface area contributed by atoms with Gasteiger partial charge in [-0.15, -0.1) is 0 Å². The molecule has 3 N–H and O–H groups in total.